The number of carbonyl (C=O) groups excluding carboxylic acids is 1. The summed E-state index contributed by atoms with van der Waals surface area (Å²) in [6.07, 6.45) is 3.44. The van der Waals surface area contributed by atoms with E-state index in [0.717, 1.165) is 19.3 Å². The first-order chi connectivity index (χ1) is 12.7. The van der Waals surface area contributed by atoms with Crippen molar-refractivity contribution >= 4 is 23.8 Å². The molecule has 9 nitrogen and oxygen atoms in total. The first-order valence-electron chi connectivity index (χ1n) is 9.28. The van der Waals surface area contributed by atoms with E-state index in [9.17, 15) is 14.7 Å². The van der Waals surface area contributed by atoms with Crippen LogP contribution < -0.4 is 10.6 Å². The first kappa shape index (κ1) is 20.7. The molecule has 0 aliphatic carbocycles. The number of carboxylic acids is 1. The highest BCUT2D eigenvalue weighted by Gasteiger charge is 2.28. The molecule has 0 aromatic carbocycles. The summed E-state index contributed by atoms with van der Waals surface area (Å²) < 4.78 is 5.43. The molecule has 1 fully saturated rings. The molecular formula is C18H29N5O4. The van der Waals surface area contributed by atoms with E-state index in [0.29, 0.717) is 25.6 Å². The summed E-state index contributed by atoms with van der Waals surface area (Å²) in [6.45, 7) is 9.24. The van der Waals surface area contributed by atoms with Crippen molar-refractivity contribution in [3.05, 3.63) is 11.8 Å². The van der Waals surface area contributed by atoms with Crippen LogP contribution in [0.15, 0.2) is 6.20 Å². The SMILES string of the molecule is CCCNc1ncc(C(=O)O)c(N[C@H]2CCCN(C(=O)OC(C)(C)C)C2)n1. The summed E-state index contributed by atoms with van der Waals surface area (Å²) in [5, 5.41) is 15.6. The van der Waals surface area contributed by atoms with Crippen LogP contribution in [0.1, 0.15) is 57.3 Å². The Morgan fingerprint density at radius 3 is 2.78 bits per heavy atom. The Morgan fingerprint density at radius 1 is 1.41 bits per heavy atom. The topological polar surface area (TPSA) is 117 Å². The van der Waals surface area contributed by atoms with Crippen LogP contribution in [0.4, 0.5) is 16.6 Å². The second-order valence-electron chi connectivity index (χ2n) is 7.60. The van der Waals surface area contributed by atoms with Gasteiger partial charge in [-0.1, -0.05) is 6.92 Å². The van der Waals surface area contributed by atoms with Crippen molar-refractivity contribution in [1.29, 1.82) is 0 Å². The minimum absolute atomic E-state index is 0.00596. The molecule has 3 N–H and O–H groups in total. The highest BCUT2D eigenvalue weighted by atomic mass is 16.6. The van der Waals surface area contributed by atoms with Crippen LogP contribution >= 0.6 is 0 Å². The predicted octanol–water partition coefficient (Wildman–Crippen LogP) is 2.81. The van der Waals surface area contributed by atoms with E-state index >= 15 is 0 Å². The normalized spacial score (nSPS) is 17.3. The van der Waals surface area contributed by atoms with E-state index < -0.39 is 11.6 Å². The van der Waals surface area contributed by atoms with E-state index in [1.54, 1.807) is 4.90 Å². The Balaban J connectivity index is 2.10. The number of hydrogen-bond acceptors (Lipinski definition) is 7. The molecule has 0 unspecified atom stereocenters. The zero-order valence-corrected chi connectivity index (χ0v) is 16.4. The predicted molar refractivity (Wildman–Crippen MR) is 102 cm³/mol. The van der Waals surface area contributed by atoms with Crippen LogP contribution in [0.25, 0.3) is 0 Å². The van der Waals surface area contributed by atoms with Gasteiger partial charge in [-0.2, -0.15) is 4.98 Å². The summed E-state index contributed by atoms with van der Waals surface area (Å²) in [5.74, 6) is -0.462. The Labute approximate surface area is 159 Å². The summed E-state index contributed by atoms with van der Waals surface area (Å²) in [6, 6.07) is -0.113. The van der Waals surface area contributed by atoms with Gasteiger partial charge in [-0.25, -0.2) is 14.6 Å². The van der Waals surface area contributed by atoms with Gasteiger partial charge >= 0.3 is 12.1 Å². The second kappa shape index (κ2) is 8.88. The third-order valence-corrected chi connectivity index (χ3v) is 3.97. The Hall–Kier alpha value is -2.58. The van der Waals surface area contributed by atoms with E-state index in [4.69, 9.17) is 4.74 Å². The molecule has 27 heavy (non-hydrogen) atoms. The third-order valence-electron chi connectivity index (χ3n) is 3.97. The van der Waals surface area contributed by atoms with Crippen LogP contribution in [0.5, 0.6) is 0 Å². The van der Waals surface area contributed by atoms with Crippen molar-refractivity contribution in [2.45, 2.75) is 58.6 Å². The maximum Gasteiger partial charge on any atom is 0.410 e. The fourth-order valence-corrected chi connectivity index (χ4v) is 2.75. The largest absolute Gasteiger partial charge is 0.477 e. The van der Waals surface area contributed by atoms with Gasteiger partial charge in [0.15, 0.2) is 0 Å². The van der Waals surface area contributed by atoms with Crippen molar-refractivity contribution in [3.8, 4) is 0 Å². The molecule has 1 aliphatic rings. The lowest BCUT2D eigenvalue weighted by atomic mass is 10.1. The lowest BCUT2D eigenvalue weighted by Crippen LogP contribution is -2.47. The molecule has 0 radical (unpaired) electrons. The standard InChI is InChI=1S/C18H29N5O4/c1-5-8-19-16-20-10-13(15(24)25)14(22-16)21-12-7-6-9-23(11-12)17(26)27-18(2,3)4/h10,12H,5-9,11H2,1-4H3,(H,24,25)(H2,19,20,21,22)/t12-/m0/s1. The molecule has 1 saturated heterocycles. The average molecular weight is 379 g/mol. The molecule has 0 saturated carbocycles. The highest BCUT2D eigenvalue weighted by Crippen LogP contribution is 2.21. The van der Waals surface area contributed by atoms with Crippen molar-refractivity contribution in [2.75, 3.05) is 30.3 Å². The van der Waals surface area contributed by atoms with Crippen molar-refractivity contribution in [2.24, 2.45) is 0 Å². The number of aromatic carboxylic acids is 1. The minimum Gasteiger partial charge on any atom is -0.477 e. The number of hydrogen-bond donors (Lipinski definition) is 3. The maximum atomic E-state index is 12.3. The third kappa shape index (κ3) is 6.26. The number of piperidine rings is 1. The molecule has 150 valence electrons. The van der Waals surface area contributed by atoms with Crippen LogP contribution in [0, 0.1) is 0 Å². The highest BCUT2D eigenvalue weighted by molar-refractivity contribution is 5.93. The maximum absolute atomic E-state index is 12.3. The van der Waals surface area contributed by atoms with E-state index in [1.165, 1.54) is 6.20 Å². The first-order valence-corrected chi connectivity index (χ1v) is 9.28. The fraction of sp³-hybridized carbons (Fsp3) is 0.667. The lowest BCUT2D eigenvalue weighted by molar-refractivity contribution is 0.0206. The van der Waals surface area contributed by atoms with Gasteiger partial charge in [-0.15, -0.1) is 0 Å². The number of nitrogens with zero attached hydrogens (tertiary/aromatic N) is 3. The number of ether oxygens (including phenoxy) is 1. The quantitative estimate of drug-likeness (QED) is 0.691. The number of carbonyl (C=O) groups is 2. The molecule has 2 rings (SSSR count). The Kier molecular flexibility index (Phi) is 6.81. The van der Waals surface area contributed by atoms with Crippen LogP contribution in [0.2, 0.25) is 0 Å². The van der Waals surface area contributed by atoms with Gasteiger partial charge in [-0.05, 0) is 40.0 Å². The van der Waals surface area contributed by atoms with Gasteiger partial charge in [0.05, 0.1) is 0 Å². The van der Waals surface area contributed by atoms with E-state index in [1.807, 2.05) is 27.7 Å². The molecule has 1 atom stereocenters. The van der Waals surface area contributed by atoms with Gasteiger partial charge in [0.1, 0.15) is 17.0 Å². The Bertz CT molecular complexity index is 674. The van der Waals surface area contributed by atoms with Gasteiger partial charge in [0.25, 0.3) is 0 Å². The number of anilines is 2. The number of aromatic nitrogens is 2. The van der Waals surface area contributed by atoms with E-state index in [2.05, 4.69) is 20.6 Å². The summed E-state index contributed by atoms with van der Waals surface area (Å²) in [5.41, 5.74) is -0.549. The second-order valence-corrected chi connectivity index (χ2v) is 7.60. The average Bonchev–Trinajstić information content (AvgIpc) is 2.58. The van der Waals surface area contributed by atoms with Gasteiger partial charge in [-0.3, -0.25) is 0 Å². The molecule has 2 heterocycles. The van der Waals surface area contributed by atoms with Crippen LogP contribution in [-0.2, 0) is 4.74 Å². The monoisotopic (exact) mass is 379 g/mol. The zero-order valence-electron chi connectivity index (χ0n) is 16.4. The fourth-order valence-electron chi connectivity index (χ4n) is 2.75. The van der Waals surface area contributed by atoms with Crippen LogP contribution in [0.3, 0.4) is 0 Å². The Morgan fingerprint density at radius 2 is 2.15 bits per heavy atom. The van der Waals surface area contributed by atoms with Crippen molar-refractivity contribution in [3.63, 3.8) is 0 Å². The number of rotatable bonds is 6. The summed E-state index contributed by atoms with van der Waals surface area (Å²) in [4.78, 5) is 33.8. The molecule has 1 amide bonds. The zero-order chi connectivity index (χ0) is 20.0. The molecule has 1 aromatic rings. The number of carboxylic acid groups (broad SMARTS) is 1. The lowest BCUT2D eigenvalue weighted by Gasteiger charge is -2.34. The molecule has 1 aromatic heterocycles. The number of amides is 1. The van der Waals surface area contributed by atoms with Gasteiger partial charge < -0.3 is 25.4 Å². The molecule has 0 spiro atoms. The molecule has 1 aliphatic heterocycles. The number of nitrogens with one attached hydrogen (secondary N) is 2. The molecular weight excluding hydrogens is 350 g/mol. The molecule has 0 bridgehead atoms. The summed E-state index contributed by atoms with van der Waals surface area (Å²) >= 11 is 0. The minimum atomic E-state index is -1.10. The van der Waals surface area contributed by atoms with Gasteiger partial charge in [0.2, 0.25) is 5.95 Å². The van der Waals surface area contributed by atoms with Crippen LogP contribution in [-0.4, -0.2) is 63.3 Å². The summed E-state index contributed by atoms with van der Waals surface area (Å²) in [7, 11) is 0. The van der Waals surface area contributed by atoms with Crippen molar-refractivity contribution < 1.29 is 19.4 Å². The van der Waals surface area contributed by atoms with Gasteiger partial charge in [0, 0.05) is 31.9 Å². The van der Waals surface area contributed by atoms with E-state index in [-0.39, 0.29) is 23.5 Å². The molecule has 9 heteroatoms. The number of likely N-dealkylation sites (tertiary alicyclic amines) is 1. The smallest absolute Gasteiger partial charge is 0.410 e. The van der Waals surface area contributed by atoms with Crippen molar-refractivity contribution in [1.82, 2.24) is 14.9 Å².